The lowest BCUT2D eigenvalue weighted by atomic mass is 10.1. The fourth-order valence-corrected chi connectivity index (χ4v) is 2.27. The number of esters is 2. The Labute approximate surface area is 159 Å². The van der Waals surface area contributed by atoms with Gasteiger partial charge in [-0.25, -0.2) is 4.79 Å². The molecule has 0 amide bonds. The van der Waals surface area contributed by atoms with E-state index >= 15 is 0 Å². The van der Waals surface area contributed by atoms with Gasteiger partial charge < -0.3 is 14.2 Å². The number of hydrogen-bond acceptors (Lipinski definition) is 5. The highest BCUT2D eigenvalue weighted by molar-refractivity contribution is 5.86. The molecular formula is C22H24O5. The van der Waals surface area contributed by atoms with Crippen LogP contribution in [0.5, 0.6) is 5.75 Å². The van der Waals surface area contributed by atoms with Gasteiger partial charge in [0, 0.05) is 18.6 Å². The van der Waals surface area contributed by atoms with E-state index < -0.39 is 5.97 Å². The molecule has 0 aromatic heterocycles. The monoisotopic (exact) mass is 368 g/mol. The summed E-state index contributed by atoms with van der Waals surface area (Å²) < 4.78 is 15.5. The Morgan fingerprint density at radius 3 is 2.22 bits per heavy atom. The SMILES string of the molecule is C=C(C)C(=O)OCCOCCCC(=O)Oc1ccc(-c2ccccc2)cc1. The number of hydrogen-bond donors (Lipinski definition) is 0. The van der Waals surface area contributed by atoms with E-state index in [0.717, 1.165) is 11.1 Å². The highest BCUT2D eigenvalue weighted by Gasteiger charge is 2.06. The quantitative estimate of drug-likeness (QED) is 0.273. The number of rotatable bonds is 10. The standard InChI is InChI=1S/C22H24O5/c1-17(2)22(24)26-16-15-25-14-6-9-21(23)27-20-12-10-19(11-13-20)18-7-4-3-5-8-18/h3-5,7-8,10-13H,1,6,9,14-16H2,2H3. The molecule has 2 rings (SSSR count). The average molecular weight is 368 g/mol. The topological polar surface area (TPSA) is 61.8 Å². The van der Waals surface area contributed by atoms with Gasteiger partial charge in [0.15, 0.2) is 0 Å². The molecule has 0 aliphatic rings. The molecule has 0 N–H and O–H groups in total. The maximum Gasteiger partial charge on any atom is 0.333 e. The Morgan fingerprint density at radius 1 is 0.889 bits per heavy atom. The normalized spacial score (nSPS) is 10.3. The van der Waals surface area contributed by atoms with E-state index in [0.29, 0.717) is 24.4 Å². The fourth-order valence-electron chi connectivity index (χ4n) is 2.27. The van der Waals surface area contributed by atoms with Crippen molar-refractivity contribution >= 4 is 11.9 Å². The van der Waals surface area contributed by atoms with Gasteiger partial charge in [-0.05, 0) is 36.6 Å². The van der Waals surface area contributed by atoms with Gasteiger partial charge >= 0.3 is 11.9 Å². The molecule has 0 spiro atoms. The van der Waals surface area contributed by atoms with Crippen molar-refractivity contribution in [3.8, 4) is 16.9 Å². The van der Waals surface area contributed by atoms with Crippen molar-refractivity contribution in [1.29, 1.82) is 0 Å². The second-order valence-electron chi connectivity index (χ2n) is 6.00. The molecule has 0 radical (unpaired) electrons. The van der Waals surface area contributed by atoms with Crippen LogP contribution in [0.15, 0.2) is 66.7 Å². The maximum atomic E-state index is 11.9. The van der Waals surface area contributed by atoms with Gasteiger partial charge in [0.2, 0.25) is 0 Å². The highest BCUT2D eigenvalue weighted by atomic mass is 16.6. The summed E-state index contributed by atoms with van der Waals surface area (Å²) in [5.41, 5.74) is 2.53. The minimum absolute atomic E-state index is 0.171. The summed E-state index contributed by atoms with van der Waals surface area (Å²) in [7, 11) is 0. The van der Waals surface area contributed by atoms with Crippen LogP contribution in [0.4, 0.5) is 0 Å². The molecule has 0 aliphatic carbocycles. The predicted molar refractivity (Wildman–Crippen MR) is 103 cm³/mol. The molecule has 0 fully saturated rings. The Morgan fingerprint density at radius 2 is 1.56 bits per heavy atom. The molecule has 2 aromatic rings. The number of carbonyl (C=O) groups excluding carboxylic acids is 2. The summed E-state index contributed by atoms with van der Waals surface area (Å²) in [5, 5.41) is 0. The van der Waals surface area contributed by atoms with Crippen LogP contribution >= 0.6 is 0 Å². The first-order valence-corrected chi connectivity index (χ1v) is 8.83. The third-order valence-corrected chi connectivity index (χ3v) is 3.67. The average Bonchev–Trinajstić information content (AvgIpc) is 2.68. The van der Waals surface area contributed by atoms with E-state index in [-0.39, 0.29) is 25.6 Å². The first-order chi connectivity index (χ1) is 13.1. The van der Waals surface area contributed by atoms with Crippen molar-refractivity contribution in [2.75, 3.05) is 19.8 Å². The fraction of sp³-hybridized carbons (Fsp3) is 0.273. The zero-order valence-electron chi connectivity index (χ0n) is 15.5. The summed E-state index contributed by atoms with van der Waals surface area (Å²) in [6.45, 7) is 5.93. The van der Waals surface area contributed by atoms with E-state index in [1.54, 1.807) is 19.1 Å². The van der Waals surface area contributed by atoms with Crippen LogP contribution in [-0.4, -0.2) is 31.8 Å². The van der Waals surface area contributed by atoms with Gasteiger partial charge in [0.25, 0.3) is 0 Å². The van der Waals surface area contributed by atoms with E-state index in [9.17, 15) is 9.59 Å². The minimum Gasteiger partial charge on any atom is -0.460 e. The lowest BCUT2D eigenvalue weighted by Gasteiger charge is -2.07. The van der Waals surface area contributed by atoms with Crippen molar-refractivity contribution < 1.29 is 23.8 Å². The van der Waals surface area contributed by atoms with Crippen LogP contribution in [0.3, 0.4) is 0 Å². The van der Waals surface area contributed by atoms with Crippen LogP contribution in [0, 0.1) is 0 Å². The number of carbonyl (C=O) groups is 2. The zero-order chi connectivity index (χ0) is 19.5. The third kappa shape index (κ3) is 7.46. The van der Waals surface area contributed by atoms with Gasteiger partial charge in [-0.15, -0.1) is 0 Å². The van der Waals surface area contributed by atoms with Crippen LogP contribution in [0.1, 0.15) is 19.8 Å². The highest BCUT2D eigenvalue weighted by Crippen LogP contribution is 2.22. The van der Waals surface area contributed by atoms with Crippen molar-refractivity contribution in [2.24, 2.45) is 0 Å². The lowest BCUT2D eigenvalue weighted by molar-refractivity contribution is -0.140. The summed E-state index contributed by atoms with van der Waals surface area (Å²) in [5.74, 6) is -0.215. The molecule has 0 bridgehead atoms. The largest absolute Gasteiger partial charge is 0.460 e. The Bertz CT molecular complexity index is 750. The van der Waals surface area contributed by atoms with Crippen molar-refractivity contribution in [3.05, 3.63) is 66.7 Å². The predicted octanol–water partition coefficient (Wildman–Crippen LogP) is 4.18. The Hall–Kier alpha value is -2.92. The molecule has 0 aliphatic heterocycles. The van der Waals surface area contributed by atoms with Gasteiger partial charge in [-0.3, -0.25) is 4.79 Å². The van der Waals surface area contributed by atoms with Gasteiger partial charge in [-0.1, -0.05) is 49.0 Å². The summed E-state index contributed by atoms with van der Waals surface area (Å²) in [6.07, 6.45) is 0.793. The third-order valence-electron chi connectivity index (χ3n) is 3.67. The van der Waals surface area contributed by atoms with Crippen LogP contribution in [0.2, 0.25) is 0 Å². The molecule has 0 saturated heterocycles. The Kier molecular flexibility index (Phi) is 8.26. The summed E-state index contributed by atoms with van der Waals surface area (Å²) in [4.78, 5) is 23.0. The van der Waals surface area contributed by atoms with E-state index in [4.69, 9.17) is 14.2 Å². The van der Waals surface area contributed by atoms with Crippen molar-refractivity contribution in [2.45, 2.75) is 19.8 Å². The molecule has 2 aromatic carbocycles. The van der Waals surface area contributed by atoms with Crippen molar-refractivity contribution in [1.82, 2.24) is 0 Å². The smallest absolute Gasteiger partial charge is 0.333 e. The molecule has 27 heavy (non-hydrogen) atoms. The molecule has 5 heteroatoms. The van der Waals surface area contributed by atoms with Crippen molar-refractivity contribution in [3.63, 3.8) is 0 Å². The van der Waals surface area contributed by atoms with Crippen LogP contribution in [0.25, 0.3) is 11.1 Å². The summed E-state index contributed by atoms with van der Waals surface area (Å²) >= 11 is 0. The molecule has 0 unspecified atom stereocenters. The molecule has 142 valence electrons. The first-order valence-electron chi connectivity index (χ1n) is 8.83. The van der Waals surface area contributed by atoms with Crippen LogP contribution < -0.4 is 4.74 Å². The number of ether oxygens (including phenoxy) is 3. The summed E-state index contributed by atoms with van der Waals surface area (Å²) in [6, 6.07) is 17.4. The molecular weight excluding hydrogens is 344 g/mol. The lowest BCUT2D eigenvalue weighted by Crippen LogP contribution is -2.12. The zero-order valence-corrected chi connectivity index (χ0v) is 15.5. The molecule has 0 saturated carbocycles. The second kappa shape index (κ2) is 10.9. The Balaban J connectivity index is 1.62. The first kappa shape index (κ1) is 20.4. The second-order valence-corrected chi connectivity index (χ2v) is 6.00. The van der Waals surface area contributed by atoms with Gasteiger partial charge in [0.1, 0.15) is 12.4 Å². The molecule has 5 nitrogen and oxygen atoms in total. The number of benzene rings is 2. The van der Waals surface area contributed by atoms with E-state index in [1.165, 1.54) is 0 Å². The van der Waals surface area contributed by atoms with E-state index in [1.807, 2.05) is 42.5 Å². The molecule has 0 atom stereocenters. The van der Waals surface area contributed by atoms with Gasteiger partial charge in [-0.2, -0.15) is 0 Å². The van der Waals surface area contributed by atoms with Crippen LogP contribution in [-0.2, 0) is 19.1 Å². The van der Waals surface area contributed by atoms with E-state index in [2.05, 4.69) is 6.58 Å². The minimum atomic E-state index is -0.430. The maximum absolute atomic E-state index is 11.9. The molecule has 0 heterocycles. The van der Waals surface area contributed by atoms with Gasteiger partial charge in [0.05, 0.1) is 6.61 Å².